The zero-order valence-electron chi connectivity index (χ0n) is 8.32. The Morgan fingerprint density at radius 1 is 1.40 bits per heavy atom. The molecule has 0 amide bonds. The van der Waals surface area contributed by atoms with Crippen LogP contribution in [0.15, 0.2) is 12.1 Å². The molecule has 80 valence electrons. The smallest absolute Gasteiger partial charge is 0.231 e. The lowest BCUT2D eigenvalue weighted by molar-refractivity contribution is 0.173. The minimum Gasteiger partial charge on any atom is -0.454 e. The van der Waals surface area contributed by atoms with Crippen LogP contribution in [0.3, 0.4) is 0 Å². The molecule has 2 N–H and O–H groups in total. The molecule has 2 aliphatic rings. The summed E-state index contributed by atoms with van der Waals surface area (Å²) in [5.74, 6) is 1.70. The van der Waals surface area contributed by atoms with E-state index in [0.717, 1.165) is 30.0 Å². The Bertz CT molecular complexity index is 392. The minimum absolute atomic E-state index is 0.165. The van der Waals surface area contributed by atoms with Crippen molar-refractivity contribution < 1.29 is 14.6 Å². The predicted molar refractivity (Wildman–Crippen MR) is 55.4 cm³/mol. The normalized spacial score (nSPS) is 22.1. The lowest BCUT2D eigenvalue weighted by Crippen LogP contribution is -2.28. The van der Waals surface area contributed by atoms with Crippen LogP contribution in [0.4, 0.5) is 5.69 Å². The molecule has 0 radical (unpaired) electrons. The molecule has 0 aliphatic carbocycles. The zero-order valence-corrected chi connectivity index (χ0v) is 8.32. The van der Waals surface area contributed by atoms with E-state index in [4.69, 9.17) is 14.6 Å². The van der Waals surface area contributed by atoms with E-state index in [1.54, 1.807) is 0 Å². The average Bonchev–Trinajstić information content (AvgIpc) is 2.76. The molecule has 0 saturated carbocycles. The number of ether oxygens (including phenoxy) is 2. The van der Waals surface area contributed by atoms with Gasteiger partial charge < -0.3 is 19.9 Å². The van der Waals surface area contributed by atoms with E-state index >= 15 is 0 Å². The number of aliphatic hydroxyl groups is 1. The van der Waals surface area contributed by atoms with Crippen molar-refractivity contribution in [2.75, 3.05) is 18.7 Å². The van der Waals surface area contributed by atoms with Crippen LogP contribution in [0, 0.1) is 0 Å². The fraction of sp³-hybridized carbons (Fsp3) is 0.455. The number of benzene rings is 1. The van der Waals surface area contributed by atoms with Crippen LogP contribution in [0.5, 0.6) is 11.5 Å². The van der Waals surface area contributed by atoms with Crippen molar-refractivity contribution in [2.45, 2.75) is 18.9 Å². The lowest BCUT2D eigenvalue weighted by Gasteiger charge is -2.26. The summed E-state index contributed by atoms with van der Waals surface area (Å²) < 4.78 is 10.8. The van der Waals surface area contributed by atoms with Crippen molar-refractivity contribution in [2.24, 2.45) is 0 Å². The molecule has 0 bridgehead atoms. The molecule has 4 nitrogen and oxygen atoms in total. The van der Waals surface area contributed by atoms with E-state index < -0.39 is 0 Å². The SMILES string of the molecule is OC[C@@H]1CCc2c(ccc3c2OCO3)N1. The van der Waals surface area contributed by atoms with Gasteiger partial charge in [-0.25, -0.2) is 0 Å². The molecule has 1 aromatic carbocycles. The standard InChI is InChI=1S/C11H13NO3/c13-5-7-1-2-8-9(12-7)3-4-10-11(8)15-6-14-10/h3-4,7,12-13H,1-2,5-6H2/t7-/m0/s1. The maximum absolute atomic E-state index is 9.09. The number of hydrogen-bond donors (Lipinski definition) is 2. The highest BCUT2D eigenvalue weighted by Crippen LogP contribution is 2.42. The number of aliphatic hydroxyl groups excluding tert-OH is 1. The average molecular weight is 207 g/mol. The van der Waals surface area contributed by atoms with Crippen molar-refractivity contribution in [3.8, 4) is 11.5 Å². The van der Waals surface area contributed by atoms with Crippen molar-refractivity contribution in [1.82, 2.24) is 0 Å². The molecule has 1 aromatic rings. The Hall–Kier alpha value is -1.42. The van der Waals surface area contributed by atoms with Gasteiger partial charge in [0.1, 0.15) is 0 Å². The van der Waals surface area contributed by atoms with E-state index in [1.165, 1.54) is 5.56 Å². The van der Waals surface area contributed by atoms with E-state index in [2.05, 4.69) is 5.32 Å². The van der Waals surface area contributed by atoms with Crippen LogP contribution in [-0.4, -0.2) is 24.5 Å². The predicted octanol–water partition coefficient (Wildman–Crippen LogP) is 1.13. The summed E-state index contributed by atoms with van der Waals surface area (Å²) in [6.45, 7) is 0.489. The summed E-state index contributed by atoms with van der Waals surface area (Å²) in [6.07, 6.45) is 1.86. The molecular formula is C11H13NO3. The number of nitrogens with one attached hydrogen (secondary N) is 1. The first-order valence-electron chi connectivity index (χ1n) is 5.17. The number of rotatable bonds is 1. The van der Waals surface area contributed by atoms with Crippen LogP contribution >= 0.6 is 0 Å². The second-order valence-corrected chi connectivity index (χ2v) is 3.89. The molecule has 2 aliphatic heterocycles. The Balaban J connectivity index is 2.00. The third kappa shape index (κ3) is 1.33. The number of fused-ring (bicyclic) bond motifs is 3. The lowest BCUT2D eigenvalue weighted by atomic mass is 9.97. The van der Waals surface area contributed by atoms with Gasteiger partial charge in [-0.3, -0.25) is 0 Å². The monoisotopic (exact) mass is 207 g/mol. The van der Waals surface area contributed by atoms with Gasteiger partial charge in [0.2, 0.25) is 6.79 Å². The van der Waals surface area contributed by atoms with Crippen molar-refractivity contribution in [3.63, 3.8) is 0 Å². The molecule has 0 saturated heterocycles. The van der Waals surface area contributed by atoms with Gasteiger partial charge in [-0.1, -0.05) is 0 Å². The van der Waals surface area contributed by atoms with Crippen LogP contribution < -0.4 is 14.8 Å². The van der Waals surface area contributed by atoms with Crippen LogP contribution in [0.25, 0.3) is 0 Å². The van der Waals surface area contributed by atoms with Gasteiger partial charge in [0.25, 0.3) is 0 Å². The summed E-state index contributed by atoms with van der Waals surface area (Å²) in [4.78, 5) is 0. The molecule has 15 heavy (non-hydrogen) atoms. The first-order chi connectivity index (χ1) is 7.38. The molecule has 0 fully saturated rings. The van der Waals surface area contributed by atoms with Gasteiger partial charge in [0.15, 0.2) is 11.5 Å². The third-order valence-corrected chi connectivity index (χ3v) is 2.96. The summed E-state index contributed by atoms with van der Waals surface area (Å²) in [5.41, 5.74) is 2.24. The highest BCUT2D eigenvalue weighted by atomic mass is 16.7. The fourth-order valence-electron chi connectivity index (χ4n) is 2.16. The highest BCUT2D eigenvalue weighted by molar-refractivity contribution is 5.65. The van der Waals surface area contributed by atoms with Crippen molar-refractivity contribution >= 4 is 5.69 Å². The van der Waals surface area contributed by atoms with Gasteiger partial charge in [-0.15, -0.1) is 0 Å². The quantitative estimate of drug-likeness (QED) is 0.725. The Labute approximate surface area is 87.8 Å². The topological polar surface area (TPSA) is 50.7 Å². The number of hydrogen-bond acceptors (Lipinski definition) is 4. The Kier molecular flexibility index (Phi) is 1.95. The van der Waals surface area contributed by atoms with Crippen LogP contribution in [0.1, 0.15) is 12.0 Å². The van der Waals surface area contributed by atoms with Gasteiger partial charge in [0, 0.05) is 17.3 Å². The maximum atomic E-state index is 9.09. The fourth-order valence-corrected chi connectivity index (χ4v) is 2.16. The largest absolute Gasteiger partial charge is 0.454 e. The van der Waals surface area contributed by atoms with Gasteiger partial charge >= 0.3 is 0 Å². The second-order valence-electron chi connectivity index (χ2n) is 3.89. The first kappa shape index (κ1) is 8.85. The highest BCUT2D eigenvalue weighted by Gasteiger charge is 2.25. The Morgan fingerprint density at radius 3 is 3.20 bits per heavy atom. The molecular weight excluding hydrogens is 194 g/mol. The Morgan fingerprint density at radius 2 is 2.33 bits per heavy atom. The summed E-state index contributed by atoms with van der Waals surface area (Å²) in [7, 11) is 0. The second kappa shape index (κ2) is 3.31. The molecule has 2 heterocycles. The molecule has 0 spiro atoms. The van der Waals surface area contributed by atoms with E-state index in [9.17, 15) is 0 Å². The van der Waals surface area contributed by atoms with Gasteiger partial charge in [0.05, 0.1) is 6.61 Å². The van der Waals surface area contributed by atoms with E-state index in [1.807, 2.05) is 12.1 Å². The first-order valence-corrected chi connectivity index (χ1v) is 5.17. The van der Waals surface area contributed by atoms with E-state index in [-0.39, 0.29) is 12.6 Å². The van der Waals surface area contributed by atoms with Crippen molar-refractivity contribution in [3.05, 3.63) is 17.7 Å². The minimum atomic E-state index is 0.165. The molecule has 1 atom stereocenters. The molecule has 0 unspecified atom stereocenters. The van der Waals surface area contributed by atoms with Gasteiger partial charge in [-0.2, -0.15) is 0 Å². The van der Waals surface area contributed by atoms with Crippen molar-refractivity contribution in [1.29, 1.82) is 0 Å². The summed E-state index contributed by atoms with van der Waals surface area (Å²) in [5, 5.41) is 12.4. The van der Waals surface area contributed by atoms with Gasteiger partial charge in [-0.05, 0) is 25.0 Å². The molecule has 3 rings (SSSR count). The maximum Gasteiger partial charge on any atom is 0.231 e. The third-order valence-electron chi connectivity index (χ3n) is 2.96. The summed E-state index contributed by atoms with van der Waals surface area (Å²) in [6, 6.07) is 4.07. The van der Waals surface area contributed by atoms with Crippen LogP contribution in [-0.2, 0) is 6.42 Å². The number of anilines is 1. The molecule has 4 heteroatoms. The molecule has 0 aromatic heterocycles. The zero-order chi connectivity index (χ0) is 10.3. The van der Waals surface area contributed by atoms with E-state index in [0.29, 0.717) is 6.79 Å². The summed E-state index contributed by atoms with van der Waals surface area (Å²) >= 11 is 0. The van der Waals surface area contributed by atoms with Crippen LogP contribution in [0.2, 0.25) is 0 Å².